The number of nitrogens with zero attached hydrogens (tertiary/aromatic N) is 4. The number of carbonyl (C=O) groups excluding carboxylic acids is 2. The highest BCUT2D eigenvalue weighted by Crippen LogP contribution is 2.28. The van der Waals surface area contributed by atoms with Crippen LogP contribution in [0.25, 0.3) is 0 Å². The summed E-state index contributed by atoms with van der Waals surface area (Å²) < 4.78 is 12.9. The first-order chi connectivity index (χ1) is 13.8. The quantitative estimate of drug-likeness (QED) is 0.575. The number of aliphatic hydroxyl groups excluding tert-OH is 1. The lowest BCUT2D eigenvalue weighted by Crippen LogP contribution is -2.40. The Labute approximate surface area is 171 Å². The Hall–Kier alpha value is -2.86. The second-order valence-corrected chi connectivity index (χ2v) is 7.27. The number of hydrogen-bond acceptors (Lipinski definition) is 9. The monoisotopic (exact) mass is 425 g/mol. The minimum absolute atomic E-state index is 0.0899. The van der Waals surface area contributed by atoms with E-state index in [0.29, 0.717) is 36.5 Å². The molecule has 0 unspecified atom stereocenters. The second-order valence-electron chi connectivity index (χ2n) is 6.74. The van der Waals surface area contributed by atoms with Gasteiger partial charge in [0.15, 0.2) is 5.69 Å². The molecule has 1 fully saturated rings. The van der Waals surface area contributed by atoms with E-state index in [0.717, 1.165) is 11.7 Å². The number of aryl methyl sites for hydroxylation is 2. The van der Waals surface area contributed by atoms with Gasteiger partial charge in [-0.1, -0.05) is 5.16 Å². The summed E-state index contributed by atoms with van der Waals surface area (Å²) in [7, 11) is 1.69. The standard InChI is InChI=1S/C16H21N5O4S.CH2O2/c1-8-4-11(18-25-8)7-21(3)16(24)10-5-12(13(22)6-10)17-15(23)14-9(2)19-26-20-14;2-1-3/h4,10,12-13,22H,5-7H2,1-3H3,(H,17,23);1H,(H,2,3)/t10-,12+,13+;/m0./s1. The van der Waals surface area contributed by atoms with Crippen molar-refractivity contribution in [2.24, 2.45) is 5.92 Å². The summed E-state index contributed by atoms with van der Waals surface area (Å²) in [5.41, 5.74) is 1.49. The summed E-state index contributed by atoms with van der Waals surface area (Å²) in [6.07, 6.45) is -0.0902. The average molecular weight is 425 g/mol. The third-order valence-corrected chi connectivity index (χ3v) is 5.13. The van der Waals surface area contributed by atoms with Gasteiger partial charge in [-0.3, -0.25) is 14.4 Å². The molecule has 0 saturated heterocycles. The van der Waals surface area contributed by atoms with Gasteiger partial charge < -0.3 is 25.0 Å². The smallest absolute Gasteiger partial charge is 0.290 e. The van der Waals surface area contributed by atoms with Gasteiger partial charge >= 0.3 is 0 Å². The lowest BCUT2D eigenvalue weighted by Gasteiger charge is -2.20. The highest BCUT2D eigenvalue weighted by Gasteiger charge is 2.39. The Morgan fingerprint density at radius 3 is 2.62 bits per heavy atom. The lowest BCUT2D eigenvalue weighted by atomic mass is 10.1. The van der Waals surface area contributed by atoms with Crippen molar-refractivity contribution in [3.05, 3.63) is 28.9 Å². The van der Waals surface area contributed by atoms with Crippen LogP contribution >= 0.6 is 11.7 Å². The van der Waals surface area contributed by atoms with Crippen molar-refractivity contribution in [2.75, 3.05) is 7.05 Å². The van der Waals surface area contributed by atoms with Crippen LogP contribution in [0.2, 0.25) is 0 Å². The molecule has 11 nitrogen and oxygen atoms in total. The van der Waals surface area contributed by atoms with Gasteiger partial charge in [0, 0.05) is 19.0 Å². The summed E-state index contributed by atoms with van der Waals surface area (Å²) >= 11 is 0.967. The maximum atomic E-state index is 12.6. The molecule has 0 aliphatic heterocycles. The van der Waals surface area contributed by atoms with Crippen LogP contribution in [-0.2, 0) is 16.1 Å². The predicted molar refractivity (Wildman–Crippen MR) is 101 cm³/mol. The van der Waals surface area contributed by atoms with Crippen LogP contribution in [0, 0.1) is 19.8 Å². The summed E-state index contributed by atoms with van der Waals surface area (Å²) in [6, 6.07) is 1.29. The van der Waals surface area contributed by atoms with E-state index in [1.807, 2.05) is 0 Å². The van der Waals surface area contributed by atoms with Crippen molar-refractivity contribution >= 4 is 30.0 Å². The van der Waals surface area contributed by atoms with E-state index in [9.17, 15) is 14.7 Å². The van der Waals surface area contributed by atoms with Crippen molar-refractivity contribution in [3.63, 3.8) is 0 Å². The van der Waals surface area contributed by atoms with Crippen molar-refractivity contribution < 1.29 is 29.1 Å². The summed E-state index contributed by atoms with van der Waals surface area (Å²) in [4.78, 5) is 34.8. The average Bonchev–Trinajstić information content (AvgIpc) is 3.36. The fraction of sp³-hybridized carbons (Fsp3) is 0.529. The molecular weight excluding hydrogens is 402 g/mol. The minimum Gasteiger partial charge on any atom is -0.483 e. The number of amides is 2. The van der Waals surface area contributed by atoms with Crippen molar-refractivity contribution in [1.82, 2.24) is 24.1 Å². The van der Waals surface area contributed by atoms with Crippen LogP contribution < -0.4 is 5.32 Å². The fourth-order valence-electron chi connectivity index (χ4n) is 3.17. The highest BCUT2D eigenvalue weighted by molar-refractivity contribution is 6.99. The molecule has 3 N–H and O–H groups in total. The molecule has 29 heavy (non-hydrogen) atoms. The molecule has 2 aromatic rings. The van der Waals surface area contributed by atoms with Crippen molar-refractivity contribution in [1.29, 1.82) is 0 Å². The second kappa shape index (κ2) is 10.1. The van der Waals surface area contributed by atoms with Gasteiger partial charge in [0.05, 0.1) is 36.1 Å². The summed E-state index contributed by atoms with van der Waals surface area (Å²) in [5, 5.41) is 23.8. The number of nitrogens with one attached hydrogen (secondary N) is 1. The van der Waals surface area contributed by atoms with E-state index in [4.69, 9.17) is 14.4 Å². The van der Waals surface area contributed by atoms with Gasteiger partial charge in [-0.2, -0.15) is 8.75 Å². The first kappa shape index (κ1) is 22.4. The zero-order chi connectivity index (χ0) is 21.6. The largest absolute Gasteiger partial charge is 0.483 e. The highest BCUT2D eigenvalue weighted by atomic mass is 32.1. The molecule has 0 radical (unpaired) electrons. The fourth-order valence-corrected chi connectivity index (χ4v) is 3.72. The number of aliphatic hydroxyl groups is 1. The van der Waals surface area contributed by atoms with Gasteiger partial charge in [-0.05, 0) is 26.7 Å². The predicted octanol–water partition coefficient (Wildman–Crippen LogP) is 0.372. The zero-order valence-electron chi connectivity index (χ0n) is 16.2. The van der Waals surface area contributed by atoms with Gasteiger partial charge in [-0.25, -0.2) is 0 Å². The molecule has 0 bridgehead atoms. The van der Waals surface area contributed by atoms with Crippen molar-refractivity contribution in [2.45, 2.75) is 45.4 Å². The molecule has 2 amide bonds. The lowest BCUT2D eigenvalue weighted by molar-refractivity contribution is -0.134. The van der Waals surface area contributed by atoms with Crippen LogP contribution in [0.4, 0.5) is 0 Å². The molecular formula is C17H23N5O6S. The summed E-state index contributed by atoms with van der Waals surface area (Å²) in [5.74, 6) is -0.137. The number of carboxylic acid groups (broad SMARTS) is 1. The Morgan fingerprint density at radius 2 is 2.07 bits per heavy atom. The third kappa shape index (κ3) is 5.81. The molecule has 0 aromatic carbocycles. The molecule has 3 atom stereocenters. The molecule has 2 heterocycles. The van der Waals surface area contributed by atoms with E-state index in [2.05, 4.69) is 19.2 Å². The van der Waals surface area contributed by atoms with E-state index in [1.165, 1.54) is 0 Å². The van der Waals surface area contributed by atoms with Gasteiger partial charge in [0.2, 0.25) is 5.91 Å². The van der Waals surface area contributed by atoms with Crippen LogP contribution in [0.3, 0.4) is 0 Å². The minimum atomic E-state index is -0.775. The molecule has 12 heteroatoms. The summed E-state index contributed by atoms with van der Waals surface area (Å²) in [6.45, 7) is 3.58. The zero-order valence-corrected chi connectivity index (χ0v) is 17.0. The maximum absolute atomic E-state index is 12.6. The number of hydrogen-bond donors (Lipinski definition) is 3. The van der Waals surface area contributed by atoms with Crippen LogP contribution in [-0.4, -0.2) is 66.5 Å². The third-order valence-electron chi connectivity index (χ3n) is 4.51. The topological polar surface area (TPSA) is 159 Å². The number of aromatic nitrogens is 3. The number of carbonyl (C=O) groups is 3. The molecule has 2 aromatic heterocycles. The molecule has 3 rings (SSSR count). The normalized spacial score (nSPS) is 20.5. The van der Waals surface area contributed by atoms with Crippen molar-refractivity contribution in [3.8, 4) is 0 Å². The maximum Gasteiger partial charge on any atom is 0.290 e. The van der Waals surface area contributed by atoms with E-state index >= 15 is 0 Å². The Balaban J connectivity index is 0.000000941. The SMILES string of the molecule is Cc1cc(CN(C)C(=O)[C@@H]2C[C@@H](O)[C@H](NC(=O)c3nsnc3C)C2)no1.O=CO. The van der Waals surface area contributed by atoms with Gasteiger partial charge in [-0.15, -0.1) is 0 Å². The van der Waals surface area contributed by atoms with Gasteiger partial charge in [0.1, 0.15) is 11.5 Å². The Kier molecular flexibility index (Phi) is 7.79. The Bertz CT molecular complexity index is 853. The first-order valence-corrected chi connectivity index (χ1v) is 9.52. The van der Waals surface area contributed by atoms with Crippen LogP contribution in [0.15, 0.2) is 10.6 Å². The van der Waals surface area contributed by atoms with E-state index in [-0.39, 0.29) is 29.9 Å². The molecule has 1 aliphatic rings. The Morgan fingerprint density at radius 1 is 1.38 bits per heavy atom. The first-order valence-electron chi connectivity index (χ1n) is 8.79. The number of rotatable bonds is 5. The van der Waals surface area contributed by atoms with Crippen LogP contribution in [0.5, 0.6) is 0 Å². The molecule has 1 aliphatic carbocycles. The molecule has 1 saturated carbocycles. The van der Waals surface area contributed by atoms with Crippen LogP contribution in [0.1, 0.15) is 40.5 Å². The molecule has 0 spiro atoms. The molecule has 158 valence electrons. The van der Waals surface area contributed by atoms with E-state index < -0.39 is 12.1 Å². The van der Waals surface area contributed by atoms with E-state index in [1.54, 1.807) is 31.9 Å². The van der Waals surface area contributed by atoms with Gasteiger partial charge in [0.25, 0.3) is 12.4 Å².